The van der Waals surface area contributed by atoms with Crippen molar-refractivity contribution in [2.24, 2.45) is 0 Å². The number of esters is 1. The van der Waals surface area contributed by atoms with Crippen molar-refractivity contribution in [2.45, 2.75) is 33.1 Å². The van der Waals surface area contributed by atoms with Gasteiger partial charge in [0.05, 0.1) is 0 Å². The van der Waals surface area contributed by atoms with Crippen molar-refractivity contribution in [1.82, 2.24) is 10.3 Å². The molecule has 0 aliphatic carbocycles. The number of ether oxygens (including phenoxy) is 1. The first-order valence-corrected chi connectivity index (χ1v) is 7.15. The number of aromatic nitrogens is 1. The number of H-pyrrole nitrogens is 1. The van der Waals surface area contributed by atoms with Gasteiger partial charge in [0, 0.05) is 43.1 Å². The third-order valence-electron chi connectivity index (χ3n) is 3.19. The summed E-state index contributed by atoms with van der Waals surface area (Å²) < 4.78 is 5.27. The molecular weight excluding hydrogens is 268 g/mol. The Morgan fingerprint density at radius 3 is 2.86 bits per heavy atom. The largest absolute Gasteiger partial charge is 0.426 e. The maximum absolute atomic E-state index is 11.5. The van der Waals surface area contributed by atoms with Gasteiger partial charge in [0.2, 0.25) is 5.91 Å². The highest BCUT2D eigenvalue weighted by molar-refractivity contribution is 5.85. The van der Waals surface area contributed by atoms with Gasteiger partial charge in [-0.15, -0.1) is 0 Å². The molecule has 21 heavy (non-hydrogen) atoms. The molecule has 1 heterocycles. The second-order valence-corrected chi connectivity index (χ2v) is 4.98. The van der Waals surface area contributed by atoms with Gasteiger partial charge in [0.1, 0.15) is 5.75 Å². The standard InChI is InChI=1S/C16H20N2O3/c1-3-4-16(20)21-13-5-6-14-12(7-8-17-11(2)19)10-18-15(14)9-13/h5-6,9-10,18H,3-4,7-8H2,1-2H3,(H,17,19). The molecule has 0 unspecified atom stereocenters. The monoisotopic (exact) mass is 288 g/mol. The average molecular weight is 288 g/mol. The van der Waals surface area contributed by atoms with Gasteiger partial charge in [0.15, 0.2) is 0 Å². The number of carbonyl (C=O) groups is 2. The minimum Gasteiger partial charge on any atom is -0.426 e. The van der Waals surface area contributed by atoms with Crippen LogP contribution in [-0.4, -0.2) is 23.4 Å². The lowest BCUT2D eigenvalue weighted by Crippen LogP contribution is -2.22. The van der Waals surface area contributed by atoms with E-state index in [1.54, 1.807) is 6.07 Å². The molecule has 0 saturated carbocycles. The van der Waals surface area contributed by atoms with E-state index in [1.807, 2.05) is 25.3 Å². The summed E-state index contributed by atoms with van der Waals surface area (Å²) in [7, 11) is 0. The van der Waals surface area contributed by atoms with Gasteiger partial charge in [-0.05, 0) is 30.5 Å². The zero-order valence-electron chi connectivity index (χ0n) is 12.4. The molecule has 0 aliphatic rings. The first-order chi connectivity index (χ1) is 10.1. The van der Waals surface area contributed by atoms with Gasteiger partial charge in [-0.25, -0.2) is 0 Å². The smallest absolute Gasteiger partial charge is 0.311 e. The molecule has 1 aromatic carbocycles. The van der Waals surface area contributed by atoms with Gasteiger partial charge in [0.25, 0.3) is 0 Å². The van der Waals surface area contributed by atoms with E-state index in [4.69, 9.17) is 4.74 Å². The average Bonchev–Trinajstić information content (AvgIpc) is 2.81. The maximum Gasteiger partial charge on any atom is 0.311 e. The van der Waals surface area contributed by atoms with Crippen LogP contribution in [0, 0.1) is 0 Å². The van der Waals surface area contributed by atoms with Gasteiger partial charge in [-0.2, -0.15) is 0 Å². The summed E-state index contributed by atoms with van der Waals surface area (Å²) in [6.07, 6.45) is 3.88. The maximum atomic E-state index is 11.5. The first-order valence-electron chi connectivity index (χ1n) is 7.15. The van der Waals surface area contributed by atoms with Crippen LogP contribution in [0.25, 0.3) is 10.9 Å². The number of hydrogen-bond acceptors (Lipinski definition) is 3. The number of hydrogen-bond donors (Lipinski definition) is 2. The van der Waals surface area contributed by atoms with Crippen molar-refractivity contribution in [2.75, 3.05) is 6.54 Å². The second kappa shape index (κ2) is 6.92. The van der Waals surface area contributed by atoms with Crippen molar-refractivity contribution in [3.05, 3.63) is 30.0 Å². The van der Waals surface area contributed by atoms with E-state index in [-0.39, 0.29) is 11.9 Å². The molecule has 0 fully saturated rings. The Hall–Kier alpha value is -2.30. The third-order valence-corrected chi connectivity index (χ3v) is 3.19. The Bertz CT molecular complexity index is 646. The number of amides is 1. The fourth-order valence-corrected chi connectivity index (χ4v) is 2.20. The number of nitrogens with one attached hydrogen (secondary N) is 2. The lowest BCUT2D eigenvalue weighted by Gasteiger charge is -2.04. The minimum absolute atomic E-state index is 0.0278. The fourth-order valence-electron chi connectivity index (χ4n) is 2.20. The Morgan fingerprint density at radius 1 is 1.33 bits per heavy atom. The lowest BCUT2D eigenvalue weighted by atomic mass is 10.1. The van der Waals surface area contributed by atoms with Crippen LogP contribution in [0.1, 0.15) is 32.3 Å². The quantitative estimate of drug-likeness (QED) is 0.634. The summed E-state index contributed by atoms with van der Waals surface area (Å²) in [6.45, 7) is 4.05. The molecule has 2 rings (SSSR count). The predicted molar refractivity (Wildman–Crippen MR) is 81.2 cm³/mol. The highest BCUT2D eigenvalue weighted by atomic mass is 16.5. The van der Waals surface area contributed by atoms with Crippen LogP contribution in [0.2, 0.25) is 0 Å². The third kappa shape index (κ3) is 4.08. The zero-order chi connectivity index (χ0) is 15.2. The molecule has 2 N–H and O–H groups in total. The van der Waals surface area contributed by atoms with Gasteiger partial charge in [-0.1, -0.05) is 6.92 Å². The molecule has 0 saturated heterocycles. The van der Waals surface area contributed by atoms with Crippen molar-refractivity contribution in [3.63, 3.8) is 0 Å². The molecule has 5 heteroatoms. The molecule has 0 bridgehead atoms. The molecule has 2 aromatic rings. The summed E-state index contributed by atoms with van der Waals surface area (Å²) in [5, 5.41) is 3.86. The van der Waals surface area contributed by atoms with E-state index in [0.29, 0.717) is 18.7 Å². The van der Waals surface area contributed by atoms with Crippen LogP contribution in [0.3, 0.4) is 0 Å². The molecular formula is C16H20N2O3. The van der Waals surface area contributed by atoms with Gasteiger partial charge in [-0.3, -0.25) is 9.59 Å². The first kappa shape index (κ1) is 15.1. The van der Waals surface area contributed by atoms with Crippen LogP contribution >= 0.6 is 0 Å². The van der Waals surface area contributed by atoms with Crippen molar-refractivity contribution in [3.8, 4) is 5.75 Å². The molecule has 5 nitrogen and oxygen atoms in total. The Labute approximate surface area is 123 Å². The Balaban J connectivity index is 2.07. The van der Waals surface area contributed by atoms with E-state index < -0.39 is 0 Å². The van der Waals surface area contributed by atoms with Crippen LogP contribution in [0.5, 0.6) is 5.75 Å². The van der Waals surface area contributed by atoms with Crippen molar-refractivity contribution >= 4 is 22.8 Å². The summed E-state index contributed by atoms with van der Waals surface area (Å²) in [6, 6.07) is 5.56. The van der Waals surface area contributed by atoms with Crippen molar-refractivity contribution in [1.29, 1.82) is 0 Å². The molecule has 0 aliphatic heterocycles. The molecule has 1 aromatic heterocycles. The summed E-state index contributed by atoms with van der Waals surface area (Å²) in [5.41, 5.74) is 2.06. The molecule has 0 atom stereocenters. The van der Waals surface area contributed by atoms with E-state index in [1.165, 1.54) is 6.92 Å². The van der Waals surface area contributed by atoms with E-state index in [9.17, 15) is 9.59 Å². The van der Waals surface area contributed by atoms with Crippen molar-refractivity contribution < 1.29 is 14.3 Å². The highest BCUT2D eigenvalue weighted by Gasteiger charge is 2.08. The van der Waals surface area contributed by atoms with Crippen LogP contribution < -0.4 is 10.1 Å². The summed E-state index contributed by atoms with van der Waals surface area (Å²) in [4.78, 5) is 25.5. The summed E-state index contributed by atoms with van der Waals surface area (Å²) >= 11 is 0. The van der Waals surface area contributed by atoms with E-state index in [0.717, 1.165) is 29.3 Å². The van der Waals surface area contributed by atoms with Crippen LogP contribution in [0.4, 0.5) is 0 Å². The van der Waals surface area contributed by atoms with E-state index in [2.05, 4.69) is 10.3 Å². The molecule has 0 radical (unpaired) electrons. The summed E-state index contributed by atoms with van der Waals surface area (Å²) in [5.74, 6) is 0.311. The highest BCUT2D eigenvalue weighted by Crippen LogP contribution is 2.24. The minimum atomic E-state index is -0.214. The Kier molecular flexibility index (Phi) is 4.98. The number of benzene rings is 1. The Morgan fingerprint density at radius 2 is 2.14 bits per heavy atom. The van der Waals surface area contributed by atoms with Gasteiger partial charge >= 0.3 is 5.97 Å². The van der Waals surface area contributed by atoms with Gasteiger partial charge < -0.3 is 15.0 Å². The zero-order valence-corrected chi connectivity index (χ0v) is 12.4. The fraction of sp³-hybridized carbons (Fsp3) is 0.375. The molecule has 112 valence electrons. The number of carbonyl (C=O) groups excluding carboxylic acids is 2. The SMILES string of the molecule is CCCC(=O)Oc1ccc2c(CCNC(C)=O)c[nH]c2c1. The van der Waals surface area contributed by atoms with E-state index >= 15 is 0 Å². The molecule has 0 spiro atoms. The predicted octanol–water partition coefficient (Wildman–Crippen LogP) is 2.55. The number of fused-ring (bicyclic) bond motifs is 1. The topological polar surface area (TPSA) is 71.2 Å². The molecule has 1 amide bonds. The van der Waals surface area contributed by atoms with Crippen LogP contribution in [-0.2, 0) is 16.0 Å². The normalized spacial score (nSPS) is 10.6. The number of rotatable bonds is 6. The lowest BCUT2D eigenvalue weighted by molar-refractivity contribution is -0.134. The number of aromatic amines is 1. The second-order valence-electron chi connectivity index (χ2n) is 4.98. The van der Waals surface area contributed by atoms with Crippen LogP contribution in [0.15, 0.2) is 24.4 Å².